The standard InChI is InChI=1S/C24H14ClF8N7O2/c1-38-19-16(17(37-38)22(27,23(28,29)30)24(31,32)33)42-18(26)15-13(9-36-40(15)19)11-2-3-14(25)12(8-11)20(41)39(7-6-34)21(10-35)4-5-21/h2-3,8-9,18H,4-5,7H2,1H3. The summed E-state index contributed by atoms with van der Waals surface area (Å²) in [5, 5.41) is 25.5. The summed E-state index contributed by atoms with van der Waals surface area (Å²) in [6.07, 6.45) is -14.2. The molecule has 1 atom stereocenters. The van der Waals surface area contributed by atoms with Crippen LogP contribution in [-0.4, -0.2) is 54.8 Å². The van der Waals surface area contributed by atoms with Crippen molar-refractivity contribution in [1.29, 1.82) is 10.5 Å². The van der Waals surface area contributed by atoms with Crippen LogP contribution in [0.5, 0.6) is 5.75 Å². The van der Waals surface area contributed by atoms with Gasteiger partial charge in [-0.2, -0.15) is 51.5 Å². The average molecular weight is 620 g/mol. The van der Waals surface area contributed by atoms with E-state index < -0.39 is 65.3 Å². The zero-order valence-corrected chi connectivity index (χ0v) is 21.6. The molecule has 2 aliphatic rings. The minimum absolute atomic E-state index is 0.0604. The van der Waals surface area contributed by atoms with Crippen molar-refractivity contribution >= 4 is 17.5 Å². The Kier molecular flexibility index (Phi) is 6.46. The summed E-state index contributed by atoms with van der Waals surface area (Å²) in [5.74, 6) is -2.98. The fraction of sp³-hybridized carbons (Fsp3) is 0.375. The van der Waals surface area contributed by atoms with E-state index in [1.165, 1.54) is 18.2 Å². The van der Waals surface area contributed by atoms with E-state index in [1.54, 1.807) is 0 Å². The highest BCUT2D eigenvalue weighted by atomic mass is 35.5. The Morgan fingerprint density at radius 3 is 2.38 bits per heavy atom. The summed E-state index contributed by atoms with van der Waals surface area (Å²) in [6.45, 7) is -0.436. The summed E-state index contributed by atoms with van der Waals surface area (Å²) < 4.78 is 117. The molecule has 9 nitrogen and oxygen atoms in total. The fourth-order valence-corrected chi connectivity index (χ4v) is 4.87. The summed E-state index contributed by atoms with van der Waals surface area (Å²) in [6, 6.07) is 7.57. The number of fused-ring (bicyclic) bond motifs is 3. The zero-order chi connectivity index (χ0) is 31.0. The number of nitriles is 2. The number of ether oxygens (including phenoxy) is 1. The SMILES string of the molecule is Cn1nc(C(F)(C(F)(F)F)C(F)(F)F)c2c1-n1ncc(-c3ccc(Cl)c(C(=O)N(CC#N)C4(C#N)CC4)c3)c1C(F)O2. The van der Waals surface area contributed by atoms with Crippen molar-refractivity contribution in [1.82, 2.24) is 24.5 Å². The third-order valence-electron chi connectivity index (χ3n) is 6.96. The molecule has 0 saturated heterocycles. The highest BCUT2D eigenvalue weighted by Crippen LogP contribution is 2.57. The van der Waals surface area contributed by atoms with Gasteiger partial charge in [0.2, 0.25) is 0 Å². The lowest BCUT2D eigenvalue weighted by molar-refractivity contribution is -0.350. The topological polar surface area (TPSA) is 113 Å². The van der Waals surface area contributed by atoms with Crippen LogP contribution in [0.2, 0.25) is 5.02 Å². The van der Waals surface area contributed by atoms with Gasteiger partial charge >= 0.3 is 18.0 Å². The lowest BCUT2D eigenvalue weighted by Gasteiger charge is -2.30. The van der Waals surface area contributed by atoms with E-state index in [-0.39, 0.29) is 21.7 Å². The number of aryl methyl sites for hydroxylation is 1. The van der Waals surface area contributed by atoms with Gasteiger partial charge in [0.05, 0.1) is 28.9 Å². The maximum atomic E-state index is 15.4. The molecule has 220 valence electrons. The molecule has 1 saturated carbocycles. The maximum absolute atomic E-state index is 15.4. The van der Waals surface area contributed by atoms with Crippen molar-refractivity contribution in [2.45, 2.75) is 42.8 Å². The second-order valence-electron chi connectivity index (χ2n) is 9.46. The summed E-state index contributed by atoms with van der Waals surface area (Å²) in [5.41, 5.74) is -10.2. The van der Waals surface area contributed by atoms with E-state index in [0.29, 0.717) is 22.2 Å². The molecule has 42 heavy (non-hydrogen) atoms. The Morgan fingerprint density at radius 2 is 1.83 bits per heavy atom. The van der Waals surface area contributed by atoms with Gasteiger partial charge in [0.15, 0.2) is 17.3 Å². The second kappa shape index (κ2) is 9.32. The first-order chi connectivity index (χ1) is 19.5. The molecule has 0 N–H and O–H groups in total. The van der Waals surface area contributed by atoms with Crippen LogP contribution in [-0.2, 0) is 12.7 Å². The number of aromatic nitrogens is 4. The number of halogens is 9. The van der Waals surface area contributed by atoms with E-state index in [4.69, 9.17) is 16.3 Å². The normalized spacial score (nSPS) is 17.4. The van der Waals surface area contributed by atoms with Crippen molar-refractivity contribution in [3.05, 3.63) is 46.4 Å². The Bertz CT molecular complexity index is 1680. The van der Waals surface area contributed by atoms with Crippen LogP contribution in [0.4, 0.5) is 35.1 Å². The smallest absolute Gasteiger partial charge is 0.437 e. The number of carbonyl (C=O) groups is 1. The van der Waals surface area contributed by atoms with Gasteiger partial charge in [-0.3, -0.25) is 4.79 Å². The Balaban J connectivity index is 1.62. The van der Waals surface area contributed by atoms with E-state index in [2.05, 4.69) is 10.2 Å². The van der Waals surface area contributed by atoms with Gasteiger partial charge in [-0.1, -0.05) is 17.7 Å². The van der Waals surface area contributed by atoms with E-state index >= 15 is 4.39 Å². The number of nitrogens with zero attached hydrogens (tertiary/aromatic N) is 7. The average Bonchev–Trinajstić information content (AvgIpc) is 3.46. The second-order valence-corrected chi connectivity index (χ2v) is 9.86. The molecule has 1 fully saturated rings. The molecule has 1 aliphatic heterocycles. The highest BCUT2D eigenvalue weighted by molar-refractivity contribution is 6.34. The van der Waals surface area contributed by atoms with Crippen LogP contribution >= 0.6 is 11.6 Å². The molecular formula is C24H14ClF8N7O2. The molecule has 1 unspecified atom stereocenters. The largest absolute Gasteiger partial charge is 0.448 e. The summed E-state index contributed by atoms with van der Waals surface area (Å²) in [4.78, 5) is 14.4. The van der Waals surface area contributed by atoms with Gasteiger partial charge in [-0.25, -0.2) is 13.8 Å². The Labute approximate surface area is 235 Å². The van der Waals surface area contributed by atoms with Crippen LogP contribution in [0, 0.1) is 22.7 Å². The number of amides is 1. The van der Waals surface area contributed by atoms with Crippen LogP contribution in [0.3, 0.4) is 0 Å². The van der Waals surface area contributed by atoms with Crippen LogP contribution in [0.15, 0.2) is 24.4 Å². The van der Waals surface area contributed by atoms with Crippen LogP contribution in [0.25, 0.3) is 16.9 Å². The van der Waals surface area contributed by atoms with Gasteiger partial charge < -0.3 is 9.64 Å². The predicted molar refractivity (Wildman–Crippen MR) is 124 cm³/mol. The lowest BCUT2D eigenvalue weighted by Crippen LogP contribution is -2.51. The molecule has 3 heterocycles. The molecule has 18 heteroatoms. The van der Waals surface area contributed by atoms with Crippen molar-refractivity contribution in [2.75, 3.05) is 6.54 Å². The summed E-state index contributed by atoms with van der Waals surface area (Å²) in [7, 11) is 0.883. The molecule has 2 aromatic heterocycles. The van der Waals surface area contributed by atoms with Gasteiger partial charge in [-0.15, -0.1) is 0 Å². The first-order valence-corrected chi connectivity index (χ1v) is 12.1. The molecule has 1 aliphatic carbocycles. The van der Waals surface area contributed by atoms with Crippen LogP contribution < -0.4 is 4.74 Å². The van der Waals surface area contributed by atoms with Crippen molar-refractivity contribution in [2.24, 2.45) is 7.05 Å². The number of alkyl halides is 8. The summed E-state index contributed by atoms with van der Waals surface area (Å²) >= 11 is 6.23. The van der Waals surface area contributed by atoms with Gasteiger partial charge in [0.25, 0.3) is 12.3 Å². The molecular weight excluding hydrogens is 606 g/mol. The van der Waals surface area contributed by atoms with Gasteiger partial charge in [-0.05, 0) is 30.5 Å². The van der Waals surface area contributed by atoms with Crippen molar-refractivity contribution < 1.29 is 44.7 Å². The first-order valence-electron chi connectivity index (χ1n) is 11.7. The van der Waals surface area contributed by atoms with Gasteiger partial charge in [0, 0.05) is 12.6 Å². The fourth-order valence-electron chi connectivity index (χ4n) is 4.67. The predicted octanol–water partition coefficient (Wildman–Crippen LogP) is 5.60. The monoisotopic (exact) mass is 619 g/mol. The zero-order valence-electron chi connectivity index (χ0n) is 20.9. The Hall–Kier alpha value is -4.38. The number of hydrogen-bond acceptors (Lipinski definition) is 6. The third kappa shape index (κ3) is 4.05. The minimum atomic E-state index is -6.53. The third-order valence-corrected chi connectivity index (χ3v) is 7.29. The Morgan fingerprint density at radius 1 is 1.19 bits per heavy atom. The minimum Gasteiger partial charge on any atom is -0.448 e. The van der Waals surface area contributed by atoms with E-state index in [1.807, 2.05) is 12.1 Å². The molecule has 0 spiro atoms. The molecule has 0 bridgehead atoms. The lowest BCUT2D eigenvalue weighted by atomic mass is 9.99. The maximum Gasteiger partial charge on any atom is 0.437 e. The molecule has 1 aromatic carbocycles. The van der Waals surface area contributed by atoms with E-state index in [9.17, 15) is 46.1 Å². The number of hydrogen-bond donors (Lipinski definition) is 0. The molecule has 1 amide bonds. The molecule has 5 rings (SSSR count). The quantitative estimate of drug-likeness (QED) is 0.272. The highest BCUT2D eigenvalue weighted by Gasteiger charge is 2.76. The molecule has 0 radical (unpaired) electrons. The van der Waals surface area contributed by atoms with Crippen molar-refractivity contribution in [3.8, 4) is 34.8 Å². The number of carbonyl (C=O) groups excluding carboxylic acids is 1. The van der Waals surface area contributed by atoms with Gasteiger partial charge in [0.1, 0.15) is 17.8 Å². The molecule has 3 aromatic rings. The van der Waals surface area contributed by atoms with Crippen LogP contribution in [0.1, 0.15) is 40.9 Å². The first kappa shape index (κ1) is 29.1. The van der Waals surface area contributed by atoms with E-state index in [0.717, 1.165) is 18.1 Å². The van der Waals surface area contributed by atoms with Crippen molar-refractivity contribution in [3.63, 3.8) is 0 Å². The number of benzene rings is 1. The number of rotatable bonds is 5.